The van der Waals surface area contributed by atoms with Crippen LogP contribution in [0.1, 0.15) is 25.7 Å². The summed E-state index contributed by atoms with van der Waals surface area (Å²) in [5.74, 6) is 0.883. The molecule has 0 bridgehead atoms. The molecule has 0 aliphatic rings. The first kappa shape index (κ1) is 16.0. The number of hydrogen-bond donors (Lipinski definition) is 0. The average Bonchev–Trinajstić information content (AvgIpc) is 2.26. The molecule has 0 amide bonds. The lowest BCUT2D eigenvalue weighted by molar-refractivity contribution is 0.301. The van der Waals surface area contributed by atoms with Gasteiger partial charge in [-0.3, -0.25) is 0 Å². The molecule has 0 radical (unpaired) electrons. The maximum atomic E-state index is 5.78. The van der Waals surface area contributed by atoms with Crippen molar-refractivity contribution in [2.45, 2.75) is 25.7 Å². The Balaban J connectivity index is 2.36. The molecule has 1 aromatic carbocycles. The Morgan fingerprint density at radius 1 is 0.882 bits per heavy atom. The fraction of sp³-hybridized carbons (Fsp3) is 0.500. The van der Waals surface area contributed by atoms with Crippen molar-refractivity contribution in [3.8, 4) is 5.75 Å². The molecule has 0 aliphatic heterocycles. The molecular weight excluding hydrogens is 480 g/mol. The van der Waals surface area contributed by atoms with Crippen LogP contribution in [0.25, 0.3) is 0 Å². The first-order chi connectivity index (χ1) is 8.15. The smallest absolute Gasteiger partial charge is 0.147 e. The number of halogens is 4. The molecule has 0 unspecified atom stereocenters. The Hall–Kier alpha value is 0.940. The summed E-state index contributed by atoms with van der Waals surface area (Å²) in [4.78, 5) is 0. The van der Waals surface area contributed by atoms with E-state index in [0.29, 0.717) is 0 Å². The molecule has 1 aromatic rings. The molecule has 0 N–H and O–H groups in total. The number of unbranched alkanes of at least 4 members (excludes halogenated alkanes) is 3. The van der Waals surface area contributed by atoms with E-state index in [9.17, 15) is 0 Å². The van der Waals surface area contributed by atoms with Gasteiger partial charge in [0.2, 0.25) is 0 Å². The van der Waals surface area contributed by atoms with E-state index in [4.69, 9.17) is 4.74 Å². The van der Waals surface area contributed by atoms with Gasteiger partial charge in [0.25, 0.3) is 0 Å². The van der Waals surface area contributed by atoms with Crippen LogP contribution in [-0.4, -0.2) is 11.9 Å². The van der Waals surface area contributed by atoms with Crippen molar-refractivity contribution in [3.63, 3.8) is 0 Å². The minimum Gasteiger partial charge on any atom is -0.491 e. The highest BCUT2D eigenvalue weighted by atomic mass is 79.9. The van der Waals surface area contributed by atoms with Crippen molar-refractivity contribution < 1.29 is 4.74 Å². The third-order valence-electron chi connectivity index (χ3n) is 2.24. The van der Waals surface area contributed by atoms with E-state index in [1.54, 1.807) is 0 Å². The van der Waals surface area contributed by atoms with Crippen molar-refractivity contribution in [2.24, 2.45) is 0 Å². The van der Waals surface area contributed by atoms with Gasteiger partial charge in [-0.2, -0.15) is 0 Å². The monoisotopic (exact) mass is 490 g/mol. The zero-order valence-electron chi connectivity index (χ0n) is 9.32. The molecule has 0 saturated heterocycles. The predicted octanol–water partition coefficient (Wildman–Crippen LogP) is 6.31. The van der Waals surface area contributed by atoms with Gasteiger partial charge in [0.05, 0.1) is 15.6 Å². The van der Waals surface area contributed by atoms with Crippen molar-refractivity contribution in [2.75, 3.05) is 11.9 Å². The van der Waals surface area contributed by atoms with Crippen LogP contribution in [0.15, 0.2) is 25.6 Å². The summed E-state index contributed by atoms with van der Waals surface area (Å²) in [6.45, 7) is 0.765. The molecule has 1 nitrogen and oxygen atoms in total. The van der Waals surface area contributed by atoms with Crippen LogP contribution < -0.4 is 4.74 Å². The maximum Gasteiger partial charge on any atom is 0.147 e. The van der Waals surface area contributed by atoms with Crippen LogP contribution >= 0.6 is 63.7 Å². The van der Waals surface area contributed by atoms with Gasteiger partial charge in [-0.15, -0.1) is 0 Å². The van der Waals surface area contributed by atoms with E-state index in [0.717, 1.165) is 37.5 Å². The largest absolute Gasteiger partial charge is 0.491 e. The molecule has 17 heavy (non-hydrogen) atoms. The van der Waals surface area contributed by atoms with Gasteiger partial charge in [0.1, 0.15) is 5.75 Å². The highest BCUT2D eigenvalue weighted by Crippen LogP contribution is 2.36. The quantitative estimate of drug-likeness (QED) is 0.319. The molecule has 0 saturated carbocycles. The molecule has 0 aromatic heterocycles. The van der Waals surface area contributed by atoms with Gasteiger partial charge in [-0.1, -0.05) is 44.7 Å². The van der Waals surface area contributed by atoms with Gasteiger partial charge >= 0.3 is 0 Å². The van der Waals surface area contributed by atoms with Crippen LogP contribution in [-0.2, 0) is 0 Å². The van der Waals surface area contributed by atoms with E-state index in [-0.39, 0.29) is 0 Å². The van der Waals surface area contributed by atoms with Gasteiger partial charge in [0.15, 0.2) is 0 Å². The van der Waals surface area contributed by atoms with Gasteiger partial charge in [0, 0.05) is 9.80 Å². The van der Waals surface area contributed by atoms with E-state index in [1.165, 1.54) is 19.3 Å². The standard InChI is InChI=1S/C12H14Br4O/c13-5-3-1-2-4-6-17-12-10(15)7-9(14)8-11(12)16/h7-8H,1-6H2. The maximum absolute atomic E-state index is 5.78. The summed E-state index contributed by atoms with van der Waals surface area (Å²) in [7, 11) is 0. The molecule has 96 valence electrons. The molecule has 0 aliphatic carbocycles. The van der Waals surface area contributed by atoms with Gasteiger partial charge < -0.3 is 4.74 Å². The highest BCUT2D eigenvalue weighted by Gasteiger charge is 2.07. The Bertz CT molecular complexity index is 331. The lowest BCUT2D eigenvalue weighted by Crippen LogP contribution is -1.99. The topological polar surface area (TPSA) is 9.23 Å². The normalized spacial score (nSPS) is 10.6. The minimum atomic E-state index is 0.765. The van der Waals surface area contributed by atoms with Crippen LogP contribution in [0.3, 0.4) is 0 Å². The number of alkyl halides is 1. The van der Waals surface area contributed by atoms with Gasteiger partial charge in [-0.05, 0) is 56.8 Å². The van der Waals surface area contributed by atoms with Crippen molar-refractivity contribution in [1.82, 2.24) is 0 Å². The van der Waals surface area contributed by atoms with E-state index >= 15 is 0 Å². The Kier molecular flexibility index (Phi) is 8.41. The highest BCUT2D eigenvalue weighted by molar-refractivity contribution is 9.11. The van der Waals surface area contributed by atoms with Crippen LogP contribution in [0.4, 0.5) is 0 Å². The summed E-state index contributed by atoms with van der Waals surface area (Å²) >= 11 is 13.9. The molecule has 1 rings (SSSR count). The van der Waals surface area contributed by atoms with Crippen LogP contribution in [0.2, 0.25) is 0 Å². The van der Waals surface area contributed by atoms with Crippen molar-refractivity contribution >= 4 is 63.7 Å². The van der Waals surface area contributed by atoms with E-state index < -0.39 is 0 Å². The SMILES string of the molecule is BrCCCCCCOc1c(Br)cc(Br)cc1Br. The molecule has 0 spiro atoms. The first-order valence-electron chi connectivity index (χ1n) is 5.48. The fourth-order valence-electron chi connectivity index (χ4n) is 1.39. The lowest BCUT2D eigenvalue weighted by atomic mass is 10.2. The summed E-state index contributed by atoms with van der Waals surface area (Å²) in [6.07, 6.45) is 4.82. The zero-order chi connectivity index (χ0) is 12.7. The number of ether oxygens (including phenoxy) is 1. The molecule has 5 heteroatoms. The van der Waals surface area contributed by atoms with Crippen LogP contribution in [0.5, 0.6) is 5.75 Å². The first-order valence-corrected chi connectivity index (χ1v) is 8.98. The molecule has 0 fully saturated rings. The molecular formula is C12H14Br4O. The number of benzene rings is 1. The summed E-state index contributed by atoms with van der Waals surface area (Å²) in [6, 6.07) is 3.98. The third-order valence-corrected chi connectivity index (χ3v) is 4.43. The third kappa shape index (κ3) is 6.08. The second-order valence-corrected chi connectivity index (χ2v) is 7.07. The number of rotatable bonds is 7. The molecule has 0 heterocycles. The van der Waals surface area contributed by atoms with Crippen molar-refractivity contribution in [3.05, 3.63) is 25.6 Å². The fourth-order valence-corrected chi connectivity index (χ4v) is 4.28. The minimum absolute atomic E-state index is 0.765. The summed E-state index contributed by atoms with van der Waals surface area (Å²) in [5, 5.41) is 1.09. The van der Waals surface area contributed by atoms with Crippen LogP contribution in [0, 0.1) is 0 Å². The van der Waals surface area contributed by atoms with E-state index in [2.05, 4.69) is 63.7 Å². The summed E-state index contributed by atoms with van der Waals surface area (Å²) in [5.41, 5.74) is 0. The Morgan fingerprint density at radius 2 is 1.47 bits per heavy atom. The van der Waals surface area contributed by atoms with Crippen molar-refractivity contribution in [1.29, 1.82) is 0 Å². The zero-order valence-corrected chi connectivity index (χ0v) is 15.7. The average molecular weight is 494 g/mol. The second kappa shape index (κ2) is 8.94. The van der Waals surface area contributed by atoms with Gasteiger partial charge in [-0.25, -0.2) is 0 Å². The number of hydrogen-bond acceptors (Lipinski definition) is 1. The Morgan fingerprint density at radius 3 is 2.06 bits per heavy atom. The predicted molar refractivity (Wildman–Crippen MR) is 87.3 cm³/mol. The lowest BCUT2D eigenvalue weighted by Gasteiger charge is -2.10. The Labute approximate surface area is 136 Å². The molecule has 0 atom stereocenters. The summed E-state index contributed by atoms with van der Waals surface area (Å²) < 4.78 is 8.75. The second-order valence-electron chi connectivity index (χ2n) is 3.65. The van der Waals surface area contributed by atoms with E-state index in [1.807, 2.05) is 12.1 Å².